The van der Waals surface area contributed by atoms with Gasteiger partial charge in [0.15, 0.2) is 5.82 Å². The maximum absolute atomic E-state index is 16.4. The van der Waals surface area contributed by atoms with Gasteiger partial charge in [-0.25, -0.2) is 28.7 Å². The molecule has 4 heterocycles. The van der Waals surface area contributed by atoms with Gasteiger partial charge in [0.2, 0.25) is 11.8 Å². The molecule has 1 unspecified atom stereocenters. The molecule has 0 radical (unpaired) electrons. The van der Waals surface area contributed by atoms with E-state index < -0.39 is 41.2 Å². The number of amides is 4. The maximum atomic E-state index is 16.4. The number of rotatable bonds is 4. The molecule has 46 heavy (non-hydrogen) atoms. The summed E-state index contributed by atoms with van der Waals surface area (Å²) in [6.45, 7) is 10.4. The standard InChI is InChI=1S/C31H35FN6O8/c1-15-18(12-34-25-24(15)38(29(42)43)8-9-44-25)17-10-16-11-21(35-27(40)45-20-14-37(7)26(39)31(20,5)6)33-13-19(16)23(22(17)32)36-28(41)46-30(2,3)4/h10-13,20H,8-9,14H2,1-7H3,(H,36,41)(H,42,43)(H,33,35,40). The molecular formula is C31H35FN6O8. The van der Waals surface area contributed by atoms with E-state index in [4.69, 9.17) is 14.2 Å². The van der Waals surface area contributed by atoms with Gasteiger partial charge in [-0.3, -0.25) is 20.3 Å². The van der Waals surface area contributed by atoms with Crippen LogP contribution in [-0.4, -0.2) is 82.6 Å². The van der Waals surface area contributed by atoms with Gasteiger partial charge < -0.3 is 24.2 Å². The molecule has 3 N–H and O–H groups in total. The van der Waals surface area contributed by atoms with E-state index in [2.05, 4.69) is 20.6 Å². The summed E-state index contributed by atoms with van der Waals surface area (Å²) in [6.07, 6.45) is -1.04. The molecule has 0 saturated carbocycles. The number of aromatic nitrogens is 2. The van der Waals surface area contributed by atoms with Crippen LogP contribution in [0.25, 0.3) is 21.9 Å². The van der Waals surface area contributed by atoms with E-state index in [0.717, 1.165) is 4.90 Å². The summed E-state index contributed by atoms with van der Waals surface area (Å²) >= 11 is 0. The third-order valence-electron chi connectivity index (χ3n) is 7.83. The first-order chi connectivity index (χ1) is 21.5. The summed E-state index contributed by atoms with van der Waals surface area (Å²) in [4.78, 5) is 61.1. The Hall–Kier alpha value is -5.21. The molecule has 244 valence electrons. The Kier molecular flexibility index (Phi) is 8.13. The minimum atomic E-state index is -1.22. The largest absolute Gasteiger partial charge is 0.474 e. The van der Waals surface area contributed by atoms with Crippen LogP contribution in [0.15, 0.2) is 24.5 Å². The normalized spacial score (nSPS) is 17.3. The highest BCUT2D eigenvalue weighted by molar-refractivity contribution is 6.05. The molecule has 0 spiro atoms. The monoisotopic (exact) mass is 638 g/mol. The number of nitrogens with zero attached hydrogens (tertiary/aromatic N) is 4. The molecule has 15 heteroatoms. The van der Waals surface area contributed by atoms with Crippen molar-refractivity contribution in [3.05, 3.63) is 35.9 Å². The highest BCUT2D eigenvalue weighted by Gasteiger charge is 2.48. The van der Waals surface area contributed by atoms with Crippen LogP contribution in [0.1, 0.15) is 40.2 Å². The second kappa shape index (κ2) is 11.6. The van der Waals surface area contributed by atoms with Crippen LogP contribution in [0.2, 0.25) is 0 Å². The summed E-state index contributed by atoms with van der Waals surface area (Å²) < 4.78 is 32.9. The fourth-order valence-corrected chi connectivity index (χ4v) is 5.50. The van der Waals surface area contributed by atoms with Crippen molar-refractivity contribution in [2.45, 2.75) is 53.2 Å². The van der Waals surface area contributed by atoms with Gasteiger partial charge >= 0.3 is 18.3 Å². The van der Waals surface area contributed by atoms with Crippen molar-refractivity contribution in [2.75, 3.05) is 42.3 Å². The Morgan fingerprint density at radius 2 is 1.83 bits per heavy atom. The predicted octanol–water partition coefficient (Wildman–Crippen LogP) is 5.38. The Bertz CT molecular complexity index is 1770. The van der Waals surface area contributed by atoms with Crippen LogP contribution in [0, 0.1) is 18.2 Å². The molecule has 1 atom stereocenters. The maximum Gasteiger partial charge on any atom is 0.413 e. The number of ether oxygens (including phenoxy) is 3. The second-order valence-corrected chi connectivity index (χ2v) is 12.7. The molecule has 5 rings (SSSR count). The molecule has 1 saturated heterocycles. The molecule has 2 aromatic heterocycles. The molecule has 2 aliphatic heterocycles. The van der Waals surface area contributed by atoms with Crippen LogP contribution in [-0.2, 0) is 14.3 Å². The molecule has 1 fully saturated rings. The molecule has 3 aromatic rings. The SMILES string of the molecule is Cc1c(-c2cc3cc(NC(=O)OC4CN(C)C(=O)C4(C)C)ncc3c(NC(=O)OC(C)(C)C)c2F)cnc2c1N(C(=O)O)CCO2. The lowest BCUT2D eigenvalue weighted by molar-refractivity contribution is -0.134. The first-order valence-corrected chi connectivity index (χ1v) is 14.5. The van der Waals surface area contributed by atoms with E-state index in [9.17, 15) is 24.3 Å². The number of carbonyl (C=O) groups is 4. The summed E-state index contributed by atoms with van der Waals surface area (Å²) in [5.74, 6) is -0.852. The van der Waals surface area contributed by atoms with Crippen molar-refractivity contribution >= 4 is 52.2 Å². The summed E-state index contributed by atoms with van der Waals surface area (Å²) in [5, 5.41) is 15.4. The Morgan fingerprint density at radius 1 is 1.11 bits per heavy atom. The number of hydrogen-bond acceptors (Lipinski definition) is 9. The first-order valence-electron chi connectivity index (χ1n) is 14.5. The minimum Gasteiger partial charge on any atom is -0.474 e. The van der Waals surface area contributed by atoms with Gasteiger partial charge in [-0.05, 0) is 64.6 Å². The zero-order chi connectivity index (χ0) is 33.7. The topological polar surface area (TPSA) is 173 Å². The van der Waals surface area contributed by atoms with E-state index in [-0.39, 0.29) is 65.2 Å². The average molecular weight is 639 g/mol. The van der Waals surface area contributed by atoms with Gasteiger partial charge in [0.05, 0.1) is 24.2 Å². The summed E-state index contributed by atoms with van der Waals surface area (Å²) in [6, 6.07) is 2.94. The van der Waals surface area contributed by atoms with Gasteiger partial charge in [-0.15, -0.1) is 0 Å². The van der Waals surface area contributed by atoms with Crippen molar-refractivity contribution in [3.63, 3.8) is 0 Å². The number of fused-ring (bicyclic) bond motifs is 2. The van der Waals surface area contributed by atoms with Crippen LogP contribution in [0.3, 0.4) is 0 Å². The average Bonchev–Trinajstić information content (AvgIpc) is 3.15. The van der Waals surface area contributed by atoms with Gasteiger partial charge in [-0.1, -0.05) is 0 Å². The zero-order valence-corrected chi connectivity index (χ0v) is 26.5. The number of carbonyl (C=O) groups excluding carboxylic acids is 3. The lowest BCUT2D eigenvalue weighted by Gasteiger charge is -2.29. The van der Waals surface area contributed by atoms with Crippen molar-refractivity contribution in [1.82, 2.24) is 14.9 Å². The van der Waals surface area contributed by atoms with E-state index in [1.807, 2.05) is 0 Å². The molecule has 1 aromatic carbocycles. The second-order valence-electron chi connectivity index (χ2n) is 12.7. The third kappa shape index (κ3) is 6.04. The number of halogens is 1. The Labute approximate surface area is 263 Å². The number of hydrogen-bond donors (Lipinski definition) is 3. The van der Waals surface area contributed by atoms with Gasteiger partial charge in [0, 0.05) is 36.0 Å². The number of nitrogens with one attached hydrogen (secondary N) is 2. The molecule has 2 aliphatic rings. The van der Waals surface area contributed by atoms with Crippen LogP contribution < -0.4 is 20.3 Å². The lowest BCUT2D eigenvalue weighted by Crippen LogP contribution is -2.37. The smallest absolute Gasteiger partial charge is 0.413 e. The fourth-order valence-electron chi connectivity index (χ4n) is 5.50. The molecule has 4 amide bonds. The molecule has 14 nitrogen and oxygen atoms in total. The van der Waals surface area contributed by atoms with Gasteiger partial charge in [-0.2, -0.15) is 0 Å². The van der Waals surface area contributed by atoms with E-state index in [1.54, 1.807) is 48.6 Å². The number of anilines is 3. The van der Waals surface area contributed by atoms with Gasteiger partial charge in [0.1, 0.15) is 29.8 Å². The molecule has 0 aliphatic carbocycles. The van der Waals surface area contributed by atoms with Crippen molar-refractivity contribution in [2.24, 2.45) is 5.41 Å². The van der Waals surface area contributed by atoms with Crippen LogP contribution in [0.5, 0.6) is 5.88 Å². The number of benzene rings is 1. The molecule has 0 bridgehead atoms. The Balaban J connectivity index is 1.57. The lowest BCUT2D eigenvalue weighted by atomic mass is 9.89. The highest BCUT2D eigenvalue weighted by atomic mass is 19.1. The van der Waals surface area contributed by atoms with Crippen molar-refractivity contribution in [3.8, 4) is 17.0 Å². The number of pyridine rings is 2. The van der Waals surface area contributed by atoms with Gasteiger partial charge in [0.25, 0.3) is 0 Å². The zero-order valence-electron chi connectivity index (χ0n) is 26.5. The van der Waals surface area contributed by atoms with Crippen LogP contribution >= 0.6 is 0 Å². The quantitative estimate of drug-likeness (QED) is 0.337. The third-order valence-corrected chi connectivity index (χ3v) is 7.83. The van der Waals surface area contributed by atoms with Crippen molar-refractivity contribution < 1.29 is 42.9 Å². The number of carboxylic acid groups (broad SMARTS) is 1. The summed E-state index contributed by atoms with van der Waals surface area (Å²) in [7, 11) is 1.63. The number of likely N-dealkylation sites (tertiary alicyclic amines) is 1. The fraction of sp³-hybridized carbons (Fsp3) is 0.419. The predicted molar refractivity (Wildman–Crippen MR) is 166 cm³/mol. The van der Waals surface area contributed by atoms with Crippen LogP contribution in [0.4, 0.5) is 36.0 Å². The van der Waals surface area contributed by atoms with E-state index >= 15 is 4.39 Å². The summed E-state index contributed by atoms with van der Waals surface area (Å²) in [5.41, 5.74) is -1.27. The number of likely N-dealkylation sites (N-methyl/N-ethyl adjacent to an activating group) is 1. The van der Waals surface area contributed by atoms with E-state index in [0.29, 0.717) is 10.9 Å². The Morgan fingerprint density at radius 3 is 2.46 bits per heavy atom. The van der Waals surface area contributed by atoms with E-state index in [1.165, 1.54) is 29.4 Å². The highest BCUT2D eigenvalue weighted by Crippen LogP contribution is 2.42. The minimum absolute atomic E-state index is 0.0174. The molecular weight excluding hydrogens is 603 g/mol. The van der Waals surface area contributed by atoms with Crippen molar-refractivity contribution in [1.29, 1.82) is 0 Å². The first kappa shape index (κ1) is 32.2.